The van der Waals surface area contributed by atoms with Gasteiger partial charge in [-0.25, -0.2) is 9.97 Å². The third kappa shape index (κ3) is 5.29. The van der Waals surface area contributed by atoms with Crippen LogP contribution in [0, 0.1) is 0 Å². The van der Waals surface area contributed by atoms with E-state index in [9.17, 15) is 18.0 Å². The molecule has 0 spiro atoms. The van der Waals surface area contributed by atoms with Crippen LogP contribution in [0.4, 0.5) is 29.5 Å². The van der Waals surface area contributed by atoms with Crippen molar-refractivity contribution >= 4 is 17.6 Å². The molecule has 0 bridgehead atoms. The van der Waals surface area contributed by atoms with E-state index < -0.39 is 17.8 Å². The molecule has 0 aliphatic carbocycles. The Kier molecular flexibility index (Phi) is 5.98. The molecule has 0 aliphatic heterocycles. The third-order valence-corrected chi connectivity index (χ3v) is 4.68. The lowest BCUT2D eigenvalue weighted by Crippen LogP contribution is -2.39. The first-order chi connectivity index (χ1) is 15.8. The van der Waals surface area contributed by atoms with Crippen LogP contribution in [0.3, 0.4) is 0 Å². The minimum absolute atomic E-state index is 0.114. The van der Waals surface area contributed by atoms with Crippen LogP contribution >= 0.6 is 0 Å². The minimum atomic E-state index is -4.58. The Hall–Kier alpha value is -4.35. The summed E-state index contributed by atoms with van der Waals surface area (Å²) in [6.45, 7) is 1.88. The number of aromatic nitrogens is 5. The number of anilines is 1. The van der Waals surface area contributed by atoms with Crippen molar-refractivity contribution in [2.75, 3.05) is 5.32 Å². The number of carbonyl (C=O) groups is 1. The predicted octanol–water partition coefficient (Wildman–Crippen LogP) is 4.68. The second kappa shape index (κ2) is 9.02. The second-order valence-corrected chi connectivity index (χ2v) is 6.95. The van der Waals surface area contributed by atoms with Crippen molar-refractivity contribution in [1.29, 1.82) is 0 Å². The summed E-state index contributed by atoms with van der Waals surface area (Å²) in [6.07, 6.45) is 3.46. The Balaban J connectivity index is 1.40. The summed E-state index contributed by atoms with van der Waals surface area (Å²) in [5.41, 5.74) is 1.61. The number of amides is 2. The van der Waals surface area contributed by atoms with Crippen LogP contribution in [-0.2, 0) is 6.18 Å². The van der Waals surface area contributed by atoms with Gasteiger partial charge in [0.05, 0.1) is 5.56 Å². The lowest BCUT2D eigenvalue weighted by atomic mass is 10.0. The van der Waals surface area contributed by atoms with Crippen LogP contribution in [0.25, 0.3) is 16.4 Å². The monoisotopic (exact) mass is 455 g/mol. The second-order valence-electron chi connectivity index (χ2n) is 6.95. The van der Waals surface area contributed by atoms with E-state index in [1.54, 1.807) is 12.4 Å². The van der Waals surface area contributed by atoms with Gasteiger partial charge in [0.1, 0.15) is 6.33 Å². The number of alkyl halides is 3. The van der Waals surface area contributed by atoms with Crippen LogP contribution in [0.15, 0.2) is 72.2 Å². The SMILES string of the molecule is CC(c1ccc(-c2cncnc2)cc1)[n+]1cc([N-]C(=O)Nc2cncc(C(F)(F)F)c2)on1. The molecule has 1 N–H and O–H groups in total. The zero-order chi connectivity index (χ0) is 23.4. The summed E-state index contributed by atoms with van der Waals surface area (Å²) in [7, 11) is 0. The van der Waals surface area contributed by atoms with E-state index in [0.29, 0.717) is 6.20 Å². The molecule has 1 unspecified atom stereocenters. The zero-order valence-electron chi connectivity index (χ0n) is 17.1. The van der Waals surface area contributed by atoms with E-state index in [0.717, 1.165) is 29.0 Å². The highest BCUT2D eigenvalue weighted by atomic mass is 19.4. The highest BCUT2D eigenvalue weighted by Crippen LogP contribution is 2.30. The van der Waals surface area contributed by atoms with Gasteiger partial charge in [-0.2, -0.15) is 13.2 Å². The van der Waals surface area contributed by atoms with E-state index in [-0.39, 0.29) is 17.6 Å². The molecular formula is C21H16F3N7O2. The van der Waals surface area contributed by atoms with Crippen molar-refractivity contribution in [3.63, 3.8) is 0 Å². The molecule has 0 saturated heterocycles. The van der Waals surface area contributed by atoms with Gasteiger partial charge in [0.15, 0.2) is 11.3 Å². The lowest BCUT2D eigenvalue weighted by Gasteiger charge is -2.14. The minimum Gasteiger partial charge on any atom is -0.423 e. The largest absolute Gasteiger partial charge is 0.423 e. The third-order valence-electron chi connectivity index (χ3n) is 4.68. The molecule has 3 heterocycles. The van der Waals surface area contributed by atoms with Gasteiger partial charge < -0.3 is 15.2 Å². The van der Waals surface area contributed by atoms with Crippen LogP contribution in [0.5, 0.6) is 0 Å². The van der Waals surface area contributed by atoms with Crippen molar-refractivity contribution in [2.24, 2.45) is 0 Å². The maximum atomic E-state index is 12.8. The Labute approximate surface area is 185 Å². The zero-order valence-corrected chi connectivity index (χ0v) is 17.1. The van der Waals surface area contributed by atoms with Crippen molar-refractivity contribution < 1.29 is 27.2 Å². The number of benzene rings is 1. The predicted molar refractivity (Wildman–Crippen MR) is 109 cm³/mol. The molecular weight excluding hydrogens is 439 g/mol. The summed E-state index contributed by atoms with van der Waals surface area (Å²) in [4.78, 5) is 23.5. The lowest BCUT2D eigenvalue weighted by molar-refractivity contribution is -0.774. The van der Waals surface area contributed by atoms with Crippen LogP contribution in [-0.4, -0.2) is 26.3 Å². The molecule has 1 aromatic carbocycles. The molecule has 3 aromatic heterocycles. The van der Waals surface area contributed by atoms with E-state index in [1.807, 2.05) is 31.2 Å². The summed E-state index contributed by atoms with van der Waals surface area (Å²) in [5, 5.41) is 9.76. The number of urea groups is 1. The van der Waals surface area contributed by atoms with Gasteiger partial charge in [0.25, 0.3) is 0 Å². The highest BCUT2D eigenvalue weighted by molar-refractivity contribution is 6.03. The summed E-state index contributed by atoms with van der Waals surface area (Å²) >= 11 is 0. The van der Waals surface area contributed by atoms with Crippen LogP contribution < -0.4 is 10.00 Å². The van der Waals surface area contributed by atoms with Gasteiger partial charge in [0, 0.05) is 42.8 Å². The fourth-order valence-electron chi connectivity index (χ4n) is 2.95. The van der Waals surface area contributed by atoms with Crippen molar-refractivity contribution in [3.8, 4) is 11.1 Å². The van der Waals surface area contributed by atoms with E-state index in [4.69, 9.17) is 4.52 Å². The highest BCUT2D eigenvalue weighted by Gasteiger charge is 2.30. The topological polar surface area (TPSA) is 112 Å². The van der Waals surface area contributed by atoms with Gasteiger partial charge in [-0.05, 0) is 22.0 Å². The molecule has 4 rings (SSSR count). The van der Waals surface area contributed by atoms with E-state index in [2.05, 4.69) is 30.9 Å². The molecule has 0 saturated carbocycles. The average molecular weight is 455 g/mol. The van der Waals surface area contributed by atoms with E-state index >= 15 is 0 Å². The van der Waals surface area contributed by atoms with E-state index in [1.165, 1.54) is 17.2 Å². The number of nitrogens with zero attached hydrogens (tertiary/aromatic N) is 6. The average Bonchev–Trinajstić information content (AvgIpc) is 3.27. The van der Waals surface area contributed by atoms with Crippen LogP contribution in [0.1, 0.15) is 24.1 Å². The number of halogens is 3. The van der Waals surface area contributed by atoms with Gasteiger partial charge in [-0.1, -0.05) is 24.3 Å². The van der Waals surface area contributed by atoms with Gasteiger partial charge >= 0.3 is 6.18 Å². The van der Waals surface area contributed by atoms with Gasteiger partial charge in [-0.15, -0.1) is 0 Å². The number of carbonyl (C=O) groups excluding carboxylic acids is 1. The first-order valence-electron chi connectivity index (χ1n) is 9.58. The maximum Gasteiger partial charge on any atom is 0.417 e. The quantitative estimate of drug-likeness (QED) is 0.438. The molecule has 2 amide bonds. The molecule has 12 heteroatoms. The Morgan fingerprint density at radius 1 is 1.06 bits per heavy atom. The molecule has 0 fully saturated rings. The number of nitrogens with one attached hydrogen (secondary N) is 1. The normalized spacial score (nSPS) is 12.2. The molecule has 0 aliphatic rings. The first-order valence-corrected chi connectivity index (χ1v) is 9.58. The molecule has 9 nitrogen and oxygen atoms in total. The molecule has 0 radical (unpaired) electrons. The molecule has 1 atom stereocenters. The molecule has 4 aromatic rings. The first kappa shape index (κ1) is 21.9. The fraction of sp³-hybridized carbons (Fsp3) is 0.143. The van der Waals surface area contributed by atoms with Gasteiger partial charge in [-0.3, -0.25) is 9.78 Å². The Morgan fingerprint density at radius 2 is 1.79 bits per heavy atom. The van der Waals surface area contributed by atoms with Gasteiger partial charge in [0.2, 0.25) is 18.1 Å². The van der Waals surface area contributed by atoms with Crippen LogP contribution in [0.2, 0.25) is 0 Å². The Bertz CT molecular complexity index is 1240. The van der Waals surface area contributed by atoms with Crippen molar-refractivity contribution in [2.45, 2.75) is 19.1 Å². The molecule has 168 valence electrons. The fourth-order valence-corrected chi connectivity index (χ4v) is 2.95. The standard InChI is InChI=1S/C21H16F3N7O2/c1-13(14-2-4-15(5-3-14)16-7-26-12-27-8-16)31-11-19(33-30-31)29-20(32)28-18-6-17(9-25-10-18)21(22,23)24/h2-13H,1H3,(H-,28,29,30,32). The number of hydrogen-bond donors (Lipinski definition) is 1. The maximum absolute atomic E-state index is 12.8. The number of rotatable bonds is 5. The summed E-state index contributed by atoms with van der Waals surface area (Å²) < 4.78 is 44.8. The number of hydrogen-bond acceptors (Lipinski definition) is 6. The Morgan fingerprint density at radius 3 is 2.48 bits per heavy atom. The van der Waals surface area contributed by atoms with Crippen molar-refractivity contribution in [1.82, 2.24) is 20.2 Å². The molecule has 33 heavy (non-hydrogen) atoms. The number of pyridine rings is 1. The smallest absolute Gasteiger partial charge is 0.417 e. The van der Waals surface area contributed by atoms with Crippen molar-refractivity contribution in [3.05, 3.63) is 84.1 Å². The summed E-state index contributed by atoms with van der Waals surface area (Å²) in [6, 6.07) is 7.27. The summed E-state index contributed by atoms with van der Waals surface area (Å²) in [5.74, 6) is -0.114.